The topological polar surface area (TPSA) is 84.2 Å². The Labute approximate surface area is 181 Å². The lowest BCUT2D eigenvalue weighted by Gasteiger charge is -2.38. The van der Waals surface area contributed by atoms with Gasteiger partial charge in [-0.3, -0.25) is 4.68 Å². The monoisotopic (exact) mass is 436 g/mol. The van der Waals surface area contributed by atoms with Gasteiger partial charge >= 0.3 is 0 Å². The normalized spacial score (nSPS) is 16.4. The van der Waals surface area contributed by atoms with Crippen molar-refractivity contribution in [1.82, 2.24) is 24.6 Å². The molecule has 0 N–H and O–H groups in total. The van der Waals surface area contributed by atoms with Gasteiger partial charge < -0.3 is 9.80 Å². The maximum Gasteiger partial charge on any atom is 0.246 e. The molecule has 0 bridgehead atoms. The van der Waals surface area contributed by atoms with Gasteiger partial charge in [0.05, 0.1) is 17.9 Å². The zero-order valence-electron chi connectivity index (χ0n) is 17.6. The number of hydrogen-bond acceptors (Lipinski definition) is 7. The number of para-hydroxylation sites is 1. The number of anilines is 1. The minimum absolute atomic E-state index is 0.151. The van der Waals surface area contributed by atoms with E-state index in [1.165, 1.54) is 11.4 Å². The molecule has 2 aromatic heterocycles. The number of allylic oxidation sites excluding steroid dienone is 1. The largest absolute Gasteiger partial charge is 0.370 e. The number of rotatable bonds is 4. The van der Waals surface area contributed by atoms with E-state index in [1.807, 2.05) is 25.1 Å². The van der Waals surface area contributed by atoms with Gasteiger partial charge in [0.1, 0.15) is 0 Å². The summed E-state index contributed by atoms with van der Waals surface area (Å²) in [4.78, 5) is 12.9. The molecule has 8 nitrogen and oxygen atoms in total. The fourth-order valence-corrected chi connectivity index (χ4v) is 4.73. The Hall–Kier alpha value is -3.20. The van der Waals surface area contributed by atoms with E-state index in [0.717, 1.165) is 61.5 Å². The number of hydrogen-bond donors (Lipinski definition) is 0. The highest BCUT2D eigenvalue weighted by Gasteiger charge is 2.24. The quantitative estimate of drug-likeness (QED) is 0.580. The third kappa shape index (κ3) is 3.81. The highest BCUT2D eigenvalue weighted by molar-refractivity contribution is 7.90. The Bertz CT molecular complexity index is 1260. The van der Waals surface area contributed by atoms with Crippen LogP contribution in [0.3, 0.4) is 0 Å². The zero-order valence-corrected chi connectivity index (χ0v) is 18.4. The molecule has 2 aliphatic heterocycles. The molecule has 0 aliphatic carbocycles. The molecular weight excluding hydrogens is 412 g/mol. The van der Waals surface area contributed by atoms with Crippen LogP contribution in [0.25, 0.3) is 17.2 Å². The highest BCUT2D eigenvalue weighted by atomic mass is 32.2. The van der Waals surface area contributed by atoms with Crippen LogP contribution in [0.4, 0.5) is 5.69 Å². The lowest BCUT2D eigenvalue weighted by atomic mass is 10.1. The second-order valence-electron chi connectivity index (χ2n) is 8.02. The van der Waals surface area contributed by atoms with E-state index >= 15 is 0 Å². The average molecular weight is 437 g/mol. The van der Waals surface area contributed by atoms with Gasteiger partial charge in [-0.2, -0.15) is 5.10 Å². The molecule has 0 spiro atoms. The van der Waals surface area contributed by atoms with Crippen LogP contribution in [0.2, 0.25) is 0 Å². The van der Waals surface area contributed by atoms with Gasteiger partial charge in [0.2, 0.25) is 15.0 Å². The van der Waals surface area contributed by atoms with Crippen LogP contribution in [0.15, 0.2) is 53.6 Å². The van der Waals surface area contributed by atoms with Crippen LogP contribution in [0, 0.1) is 6.92 Å². The summed E-state index contributed by atoms with van der Waals surface area (Å²) in [6.07, 6.45) is 6.53. The van der Waals surface area contributed by atoms with Gasteiger partial charge in [-0.15, -0.1) is 0 Å². The summed E-state index contributed by atoms with van der Waals surface area (Å²) in [5, 5.41) is 4.39. The number of benzene rings is 1. The first-order chi connectivity index (χ1) is 14.9. The summed E-state index contributed by atoms with van der Waals surface area (Å²) in [6, 6.07) is 10.3. The van der Waals surface area contributed by atoms with Crippen LogP contribution >= 0.6 is 0 Å². The van der Waals surface area contributed by atoms with E-state index in [1.54, 1.807) is 12.4 Å². The summed E-state index contributed by atoms with van der Waals surface area (Å²) < 4.78 is 25.4. The zero-order chi connectivity index (χ0) is 21.6. The molecule has 5 rings (SSSR count). The Morgan fingerprint density at radius 1 is 0.968 bits per heavy atom. The third-order valence-electron chi connectivity index (χ3n) is 5.76. The minimum Gasteiger partial charge on any atom is -0.370 e. The van der Waals surface area contributed by atoms with Gasteiger partial charge in [-0.05, 0) is 25.1 Å². The number of aryl methyl sites for hydroxylation is 1. The van der Waals surface area contributed by atoms with Crippen molar-refractivity contribution in [3.05, 3.63) is 59.8 Å². The summed E-state index contributed by atoms with van der Waals surface area (Å²) in [6.45, 7) is 6.54. The molecular formula is C22H24N6O2S. The lowest BCUT2D eigenvalue weighted by molar-refractivity contribution is 0.309. The Morgan fingerprint density at radius 3 is 2.32 bits per heavy atom. The molecule has 4 heterocycles. The average Bonchev–Trinajstić information content (AvgIpc) is 3.31. The molecule has 0 unspecified atom stereocenters. The Kier molecular flexibility index (Phi) is 4.77. The lowest BCUT2D eigenvalue weighted by Crippen LogP contribution is -2.46. The van der Waals surface area contributed by atoms with E-state index in [4.69, 9.17) is 0 Å². The van der Waals surface area contributed by atoms with Crippen molar-refractivity contribution < 1.29 is 8.42 Å². The molecule has 31 heavy (non-hydrogen) atoms. The van der Waals surface area contributed by atoms with Crippen LogP contribution < -0.4 is 4.90 Å². The SMILES string of the molecule is Cc1cc2n(n1)CC(N1CCN(c3ccccc3-c3cnc(S(C)(=O)=O)nc3)CC1)=C2. The number of piperazine rings is 1. The predicted octanol–water partition coefficient (Wildman–Crippen LogP) is 2.23. The van der Waals surface area contributed by atoms with E-state index in [2.05, 4.69) is 47.8 Å². The molecule has 0 atom stereocenters. The number of aromatic nitrogens is 4. The maximum atomic E-state index is 11.7. The third-order valence-corrected chi connectivity index (χ3v) is 6.64. The molecule has 0 saturated carbocycles. The van der Waals surface area contributed by atoms with Crippen molar-refractivity contribution in [2.75, 3.05) is 37.3 Å². The molecule has 2 aliphatic rings. The van der Waals surface area contributed by atoms with Gasteiger partial charge in [-0.1, -0.05) is 18.2 Å². The molecule has 9 heteroatoms. The molecule has 0 amide bonds. The second-order valence-corrected chi connectivity index (χ2v) is 9.93. The Morgan fingerprint density at radius 2 is 1.65 bits per heavy atom. The second kappa shape index (κ2) is 7.49. The molecule has 1 fully saturated rings. The summed E-state index contributed by atoms with van der Waals surface area (Å²) in [5.74, 6) is 0. The summed E-state index contributed by atoms with van der Waals surface area (Å²) in [7, 11) is -3.41. The van der Waals surface area contributed by atoms with Crippen molar-refractivity contribution in [2.24, 2.45) is 0 Å². The molecule has 1 saturated heterocycles. The maximum absolute atomic E-state index is 11.7. The molecule has 160 valence electrons. The number of nitrogens with zero attached hydrogens (tertiary/aromatic N) is 6. The van der Waals surface area contributed by atoms with Crippen molar-refractivity contribution in [3.63, 3.8) is 0 Å². The van der Waals surface area contributed by atoms with Crippen molar-refractivity contribution in [3.8, 4) is 11.1 Å². The van der Waals surface area contributed by atoms with Gasteiger partial charge in [0.25, 0.3) is 0 Å². The fourth-order valence-electron chi connectivity index (χ4n) is 4.24. The van der Waals surface area contributed by atoms with E-state index in [0.29, 0.717) is 0 Å². The fraction of sp³-hybridized carbons (Fsp3) is 0.318. The highest BCUT2D eigenvalue weighted by Crippen LogP contribution is 2.32. The van der Waals surface area contributed by atoms with Crippen LogP contribution in [-0.4, -0.2) is 65.5 Å². The first kappa shape index (κ1) is 19.7. The van der Waals surface area contributed by atoms with Crippen LogP contribution in [0.5, 0.6) is 0 Å². The van der Waals surface area contributed by atoms with Crippen LogP contribution in [0.1, 0.15) is 11.4 Å². The van der Waals surface area contributed by atoms with Crippen molar-refractivity contribution >= 4 is 21.6 Å². The number of sulfone groups is 1. The van der Waals surface area contributed by atoms with Crippen molar-refractivity contribution in [2.45, 2.75) is 18.6 Å². The Balaban J connectivity index is 1.32. The first-order valence-corrected chi connectivity index (χ1v) is 12.1. The standard InChI is InChI=1S/C22H24N6O2S/c1-16-11-18-12-19(15-28(18)25-16)26-7-9-27(10-8-26)21-6-4-3-5-20(21)17-13-23-22(24-14-17)31(2,29)30/h3-6,11-14H,7-10,15H2,1-2H3. The van der Waals surface area contributed by atoms with E-state index < -0.39 is 9.84 Å². The van der Waals surface area contributed by atoms with E-state index in [9.17, 15) is 8.42 Å². The molecule has 3 aromatic rings. The smallest absolute Gasteiger partial charge is 0.246 e. The first-order valence-electron chi connectivity index (χ1n) is 10.2. The van der Waals surface area contributed by atoms with Gasteiger partial charge in [0.15, 0.2) is 0 Å². The van der Waals surface area contributed by atoms with Crippen molar-refractivity contribution in [1.29, 1.82) is 0 Å². The number of fused-ring (bicyclic) bond motifs is 1. The molecule has 1 aromatic carbocycles. The summed E-state index contributed by atoms with van der Waals surface area (Å²) in [5.41, 5.74) is 6.48. The molecule has 0 radical (unpaired) electrons. The van der Waals surface area contributed by atoms with Crippen LogP contribution in [-0.2, 0) is 16.4 Å². The summed E-state index contributed by atoms with van der Waals surface area (Å²) >= 11 is 0. The van der Waals surface area contributed by atoms with Gasteiger partial charge in [-0.25, -0.2) is 18.4 Å². The minimum atomic E-state index is -3.41. The van der Waals surface area contributed by atoms with E-state index in [-0.39, 0.29) is 5.16 Å². The predicted molar refractivity (Wildman–Crippen MR) is 119 cm³/mol. The van der Waals surface area contributed by atoms with Gasteiger partial charge in [0, 0.05) is 67.3 Å².